The van der Waals surface area contributed by atoms with Gasteiger partial charge >= 0.3 is 0 Å². The molecule has 6 N–H and O–H groups in total. The summed E-state index contributed by atoms with van der Waals surface area (Å²) < 4.78 is 11.3. The van der Waals surface area contributed by atoms with Crippen molar-refractivity contribution in [3.8, 4) is 0 Å². The van der Waals surface area contributed by atoms with Crippen LogP contribution < -0.4 is 5.32 Å². The largest absolute Gasteiger partial charge is 0.394 e. The summed E-state index contributed by atoms with van der Waals surface area (Å²) in [7, 11) is 0. The maximum absolute atomic E-state index is 13.2. The van der Waals surface area contributed by atoms with Crippen molar-refractivity contribution in [2.45, 2.75) is 429 Å². The topological polar surface area (TPSA) is 149 Å². The van der Waals surface area contributed by atoms with Gasteiger partial charge in [0, 0.05) is 6.42 Å². The van der Waals surface area contributed by atoms with E-state index in [1.165, 1.54) is 315 Å². The lowest BCUT2D eigenvalue weighted by atomic mass is 9.99. The van der Waals surface area contributed by atoms with Crippen molar-refractivity contribution in [2.24, 2.45) is 0 Å². The Kier molecular flexibility index (Phi) is 64.1. The number of carbonyl (C=O) groups excluding carboxylic acids is 1. The molecule has 7 unspecified atom stereocenters. The first-order valence-electron chi connectivity index (χ1n) is 38.4. The Balaban J connectivity index is 2.06. The first-order chi connectivity index (χ1) is 42.8. The molecule has 1 aliphatic rings. The van der Waals surface area contributed by atoms with Crippen LogP contribution in [0.5, 0.6) is 0 Å². The van der Waals surface area contributed by atoms with E-state index in [-0.39, 0.29) is 12.5 Å². The Morgan fingerprint density at radius 1 is 0.391 bits per heavy atom. The normalized spacial score (nSPS) is 18.2. The van der Waals surface area contributed by atoms with Crippen molar-refractivity contribution >= 4 is 5.91 Å². The number of aliphatic hydroxyl groups is 5. The summed E-state index contributed by atoms with van der Waals surface area (Å²) in [6.45, 7) is 3.82. The van der Waals surface area contributed by atoms with Gasteiger partial charge in [-0.15, -0.1) is 0 Å². The van der Waals surface area contributed by atoms with E-state index in [1.54, 1.807) is 6.08 Å². The van der Waals surface area contributed by atoms with Crippen molar-refractivity contribution in [2.75, 3.05) is 13.2 Å². The summed E-state index contributed by atoms with van der Waals surface area (Å²) in [5.41, 5.74) is 0. The molecule has 9 heteroatoms. The van der Waals surface area contributed by atoms with Gasteiger partial charge < -0.3 is 40.3 Å². The zero-order valence-electron chi connectivity index (χ0n) is 57.5. The summed E-state index contributed by atoms with van der Waals surface area (Å²) in [5, 5.41) is 54.9. The second-order valence-electron chi connectivity index (χ2n) is 26.8. The van der Waals surface area contributed by atoms with Crippen molar-refractivity contribution in [3.63, 3.8) is 0 Å². The number of nitrogens with one attached hydrogen (secondary N) is 1. The zero-order chi connectivity index (χ0) is 62.8. The maximum Gasteiger partial charge on any atom is 0.220 e. The predicted molar refractivity (Wildman–Crippen MR) is 373 cm³/mol. The maximum atomic E-state index is 13.2. The standard InChI is InChI=1S/C78H147NO8/c1-3-5-7-9-11-13-15-17-19-21-23-25-27-29-30-31-32-33-34-35-36-37-38-39-40-41-42-44-46-48-50-52-54-56-58-60-62-64-66-68-74(82)79-71(70-86-78-77(85)76(84)75(83)73(69-80)87-78)72(81)67-65-63-61-59-57-55-53-51-49-47-45-43-28-26-24-22-20-18-16-14-12-10-8-6-4-2/h15,17,21,23,27,29,65,67,71-73,75-78,80-81,83-85H,3-14,16,18-20,22,24-26,28,30-64,66,68-70H2,1-2H3,(H,79,82)/b17-15-,23-21-,29-27-,67-65+. The number of aliphatic hydroxyl groups excluding tert-OH is 5. The molecule has 7 atom stereocenters. The molecule has 0 aromatic heterocycles. The van der Waals surface area contributed by atoms with E-state index in [9.17, 15) is 30.3 Å². The molecule has 1 rings (SSSR count). The molecular formula is C78H147NO8. The lowest BCUT2D eigenvalue weighted by Gasteiger charge is -2.40. The molecule has 1 amide bonds. The Morgan fingerprint density at radius 3 is 1.00 bits per heavy atom. The molecule has 1 saturated heterocycles. The number of carbonyl (C=O) groups is 1. The van der Waals surface area contributed by atoms with Crippen LogP contribution in [0.1, 0.15) is 386 Å². The Hall–Kier alpha value is -1.85. The zero-order valence-corrected chi connectivity index (χ0v) is 57.5. The molecule has 0 aromatic carbocycles. The number of rotatable bonds is 68. The third-order valence-corrected chi connectivity index (χ3v) is 18.4. The molecule has 0 aliphatic carbocycles. The van der Waals surface area contributed by atoms with E-state index in [2.05, 4.69) is 55.6 Å². The smallest absolute Gasteiger partial charge is 0.220 e. The van der Waals surface area contributed by atoms with E-state index < -0.39 is 49.5 Å². The Morgan fingerprint density at radius 2 is 0.678 bits per heavy atom. The minimum absolute atomic E-state index is 0.169. The average molecular weight is 1230 g/mol. The number of ether oxygens (including phenoxy) is 2. The van der Waals surface area contributed by atoms with Crippen LogP contribution in [0.15, 0.2) is 48.6 Å². The lowest BCUT2D eigenvalue weighted by Crippen LogP contribution is -2.60. The first kappa shape index (κ1) is 83.2. The van der Waals surface area contributed by atoms with Gasteiger partial charge in [0.1, 0.15) is 24.4 Å². The molecule has 0 saturated carbocycles. The average Bonchev–Trinajstić information content (AvgIpc) is 3.38. The van der Waals surface area contributed by atoms with Crippen LogP contribution >= 0.6 is 0 Å². The minimum Gasteiger partial charge on any atom is -0.394 e. The van der Waals surface area contributed by atoms with Gasteiger partial charge in [-0.05, 0) is 57.8 Å². The van der Waals surface area contributed by atoms with Crippen LogP contribution in [0.3, 0.4) is 0 Å². The Labute approximate surface area is 539 Å². The number of unbranched alkanes of at least 4 members (excludes halogenated alkanes) is 52. The van der Waals surface area contributed by atoms with Crippen molar-refractivity contribution in [3.05, 3.63) is 48.6 Å². The van der Waals surface area contributed by atoms with Crippen molar-refractivity contribution in [1.82, 2.24) is 5.32 Å². The minimum atomic E-state index is -1.57. The van der Waals surface area contributed by atoms with Crippen LogP contribution in [0.4, 0.5) is 0 Å². The van der Waals surface area contributed by atoms with Crippen LogP contribution in [-0.2, 0) is 14.3 Å². The highest BCUT2D eigenvalue weighted by atomic mass is 16.7. The molecule has 1 heterocycles. The highest BCUT2D eigenvalue weighted by Gasteiger charge is 2.44. The molecule has 87 heavy (non-hydrogen) atoms. The quantitative estimate of drug-likeness (QED) is 0.0261. The molecule has 1 fully saturated rings. The van der Waals surface area contributed by atoms with Gasteiger partial charge in [0.15, 0.2) is 6.29 Å². The summed E-state index contributed by atoms with van der Waals surface area (Å²) in [6, 6.07) is -0.805. The van der Waals surface area contributed by atoms with Gasteiger partial charge in [0.05, 0.1) is 25.4 Å². The predicted octanol–water partition coefficient (Wildman–Crippen LogP) is 21.5. The molecule has 512 valence electrons. The van der Waals surface area contributed by atoms with Crippen molar-refractivity contribution < 1.29 is 39.8 Å². The van der Waals surface area contributed by atoms with Crippen LogP contribution in [0, 0.1) is 0 Å². The molecule has 0 spiro atoms. The fraction of sp³-hybridized carbons (Fsp3) is 0.885. The SMILES string of the molecule is CCCCCCC/C=C\C/C=C\C/C=C\CCCCCCCCCCCCCCCCCCCCCCCCCCC(=O)NC(COC1OC(CO)C(O)C(O)C1O)C(O)/C=C/CCCCCCCCCCCCCCCCCCCCCCCCC. The van der Waals surface area contributed by atoms with Crippen molar-refractivity contribution in [1.29, 1.82) is 0 Å². The Bertz CT molecular complexity index is 1520. The monoisotopic (exact) mass is 1230 g/mol. The fourth-order valence-corrected chi connectivity index (χ4v) is 12.4. The van der Waals surface area contributed by atoms with Gasteiger partial charge in [-0.3, -0.25) is 4.79 Å². The highest BCUT2D eigenvalue weighted by Crippen LogP contribution is 2.24. The summed E-state index contributed by atoms with van der Waals surface area (Å²) in [4.78, 5) is 13.2. The van der Waals surface area contributed by atoms with Gasteiger partial charge in [0.2, 0.25) is 5.91 Å². The second-order valence-corrected chi connectivity index (χ2v) is 26.8. The number of hydrogen-bond acceptors (Lipinski definition) is 8. The van der Waals surface area contributed by atoms with Gasteiger partial charge in [0.25, 0.3) is 0 Å². The van der Waals surface area contributed by atoms with Crippen LogP contribution in [0.2, 0.25) is 0 Å². The third kappa shape index (κ3) is 55.5. The molecule has 0 radical (unpaired) electrons. The molecular weight excluding hydrogens is 1080 g/mol. The van der Waals surface area contributed by atoms with Gasteiger partial charge in [-0.1, -0.05) is 371 Å². The van der Waals surface area contributed by atoms with Gasteiger partial charge in [-0.2, -0.15) is 0 Å². The molecule has 9 nitrogen and oxygen atoms in total. The van der Waals surface area contributed by atoms with E-state index in [4.69, 9.17) is 9.47 Å². The summed E-state index contributed by atoms with van der Waals surface area (Å²) in [6.07, 6.45) is 85.3. The first-order valence-corrected chi connectivity index (χ1v) is 38.4. The highest BCUT2D eigenvalue weighted by molar-refractivity contribution is 5.76. The van der Waals surface area contributed by atoms with E-state index in [0.29, 0.717) is 6.42 Å². The van der Waals surface area contributed by atoms with E-state index in [1.807, 2.05) is 6.08 Å². The molecule has 0 bridgehead atoms. The van der Waals surface area contributed by atoms with Crippen LogP contribution in [0.25, 0.3) is 0 Å². The molecule has 0 aromatic rings. The number of hydrogen-bond donors (Lipinski definition) is 6. The van der Waals surface area contributed by atoms with E-state index >= 15 is 0 Å². The third-order valence-electron chi connectivity index (χ3n) is 18.4. The van der Waals surface area contributed by atoms with Crippen LogP contribution in [-0.4, -0.2) is 87.5 Å². The fourth-order valence-electron chi connectivity index (χ4n) is 12.4. The number of allylic oxidation sites excluding steroid dienone is 7. The summed E-state index contributed by atoms with van der Waals surface area (Å²) in [5.74, 6) is -0.169. The van der Waals surface area contributed by atoms with Gasteiger partial charge in [-0.25, -0.2) is 0 Å². The number of amides is 1. The van der Waals surface area contributed by atoms with E-state index in [0.717, 1.165) is 51.4 Å². The second kappa shape index (κ2) is 67.1. The lowest BCUT2D eigenvalue weighted by molar-refractivity contribution is -0.302. The summed E-state index contributed by atoms with van der Waals surface area (Å²) >= 11 is 0. The molecule has 1 aliphatic heterocycles.